The number of aliphatic hydroxyl groups is 2. The van der Waals surface area contributed by atoms with Crippen molar-refractivity contribution in [3.05, 3.63) is 24.3 Å². The first-order valence-corrected chi connectivity index (χ1v) is 29.6. The predicted molar refractivity (Wildman–Crippen MR) is 287 cm³/mol. The van der Waals surface area contributed by atoms with Crippen molar-refractivity contribution in [1.82, 2.24) is 5.32 Å². The van der Waals surface area contributed by atoms with Crippen molar-refractivity contribution in [3.63, 3.8) is 0 Å². The second kappa shape index (κ2) is 55.9. The molecule has 0 aromatic rings. The Morgan fingerprint density at radius 3 is 1.09 bits per heavy atom. The summed E-state index contributed by atoms with van der Waals surface area (Å²) in [6, 6.07) is -0.648. The highest BCUT2D eigenvalue weighted by atomic mass is 16.5. The summed E-state index contributed by atoms with van der Waals surface area (Å²) in [6.45, 7) is 4.88. The van der Waals surface area contributed by atoms with Crippen LogP contribution < -0.4 is 5.32 Å². The zero-order chi connectivity index (χ0) is 47.9. The average Bonchev–Trinajstić information content (AvgIpc) is 3.32. The van der Waals surface area contributed by atoms with Crippen LogP contribution in [0.1, 0.15) is 322 Å². The van der Waals surface area contributed by atoms with Gasteiger partial charge in [-0.25, -0.2) is 0 Å². The highest BCUT2D eigenvalue weighted by Gasteiger charge is 2.18. The summed E-state index contributed by atoms with van der Waals surface area (Å²) in [6.07, 6.45) is 67.7. The highest BCUT2D eigenvalue weighted by molar-refractivity contribution is 5.76. The first-order chi connectivity index (χ1) is 32.5. The molecule has 1 amide bonds. The van der Waals surface area contributed by atoms with E-state index in [1.807, 2.05) is 6.08 Å². The molecule has 2 unspecified atom stereocenters. The molecule has 0 heterocycles. The molecule has 0 radical (unpaired) electrons. The second-order valence-corrected chi connectivity index (χ2v) is 20.3. The number of hydrogen-bond acceptors (Lipinski definition) is 5. The molecule has 0 fully saturated rings. The fourth-order valence-corrected chi connectivity index (χ4v) is 9.16. The maximum atomic E-state index is 12.5. The van der Waals surface area contributed by atoms with Crippen LogP contribution in [0.5, 0.6) is 0 Å². The average molecular weight is 931 g/mol. The van der Waals surface area contributed by atoms with Gasteiger partial charge in [-0.2, -0.15) is 0 Å². The third-order valence-electron chi connectivity index (χ3n) is 13.7. The summed E-state index contributed by atoms with van der Waals surface area (Å²) in [4.78, 5) is 24.5. The lowest BCUT2D eigenvalue weighted by molar-refractivity contribution is -0.143. The number of allylic oxidation sites excluding steroid dienone is 3. The molecule has 0 aliphatic carbocycles. The number of nitrogens with one attached hydrogen (secondary N) is 1. The lowest BCUT2D eigenvalue weighted by atomic mass is 10.0. The smallest absolute Gasteiger partial charge is 0.305 e. The first-order valence-electron chi connectivity index (χ1n) is 29.6. The van der Waals surface area contributed by atoms with Crippen LogP contribution in [-0.4, -0.2) is 47.4 Å². The van der Waals surface area contributed by atoms with Gasteiger partial charge in [0.15, 0.2) is 0 Å². The van der Waals surface area contributed by atoms with Gasteiger partial charge >= 0.3 is 5.97 Å². The summed E-state index contributed by atoms with van der Waals surface area (Å²) in [5, 5.41) is 23.2. The van der Waals surface area contributed by atoms with E-state index >= 15 is 0 Å². The molecule has 0 bridgehead atoms. The van der Waals surface area contributed by atoms with Gasteiger partial charge in [-0.15, -0.1) is 0 Å². The predicted octanol–water partition coefficient (Wildman–Crippen LogP) is 18.2. The molecule has 0 aromatic heterocycles. The van der Waals surface area contributed by atoms with Crippen LogP contribution in [0.3, 0.4) is 0 Å². The van der Waals surface area contributed by atoms with Gasteiger partial charge in [-0.05, 0) is 57.8 Å². The maximum Gasteiger partial charge on any atom is 0.305 e. The Bertz CT molecular complexity index is 1030. The molecule has 0 rings (SSSR count). The number of amides is 1. The van der Waals surface area contributed by atoms with Gasteiger partial charge in [-0.3, -0.25) is 9.59 Å². The highest BCUT2D eigenvalue weighted by Crippen LogP contribution is 2.17. The van der Waals surface area contributed by atoms with E-state index in [1.54, 1.807) is 6.08 Å². The van der Waals surface area contributed by atoms with Gasteiger partial charge in [0.1, 0.15) is 0 Å². The Labute approximate surface area is 411 Å². The zero-order valence-electron chi connectivity index (χ0n) is 44.4. The van der Waals surface area contributed by atoms with E-state index < -0.39 is 12.1 Å². The summed E-state index contributed by atoms with van der Waals surface area (Å²) < 4.78 is 5.46. The fraction of sp³-hybridized carbons (Fsp3) is 0.900. The molecule has 2 atom stereocenters. The van der Waals surface area contributed by atoms with Crippen molar-refractivity contribution in [2.45, 2.75) is 334 Å². The van der Waals surface area contributed by atoms with Crippen molar-refractivity contribution >= 4 is 11.9 Å². The van der Waals surface area contributed by atoms with Crippen molar-refractivity contribution in [2.75, 3.05) is 13.2 Å². The van der Waals surface area contributed by atoms with E-state index in [2.05, 4.69) is 31.3 Å². The van der Waals surface area contributed by atoms with E-state index in [0.717, 1.165) is 70.6 Å². The molecule has 3 N–H and O–H groups in total. The van der Waals surface area contributed by atoms with Crippen LogP contribution in [0.2, 0.25) is 0 Å². The largest absolute Gasteiger partial charge is 0.466 e. The van der Waals surface area contributed by atoms with Crippen LogP contribution in [-0.2, 0) is 14.3 Å². The van der Waals surface area contributed by atoms with Gasteiger partial charge in [0, 0.05) is 12.8 Å². The van der Waals surface area contributed by atoms with Gasteiger partial charge in [0.25, 0.3) is 0 Å². The van der Waals surface area contributed by atoms with Crippen LogP contribution in [0.25, 0.3) is 0 Å². The van der Waals surface area contributed by atoms with Crippen molar-refractivity contribution < 1.29 is 24.5 Å². The van der Waals surface area contributed by atoms with Crippen molar-refractivity contribution in [1.29, 1.82) is 0 Å². The van der Waals surface area contributed by atoms with Crippen LogP contribution in [0.15, 0.2) is 24.3 Å². The van der Waals surface area contributed by atoms with Gasteiger partial charge < -0.3 is 20.3 Å². The van der Waals surface area contributed by atoms with E-state index in [1.165, 1.54) is 225 Å². The summed E-state index contributed by atoms with van der Waals surface area (Å²) in [5.41, 5.74) is 0. The Morgan fingerprint density at radius 1 is 0.409 bits per heavy atom. The number of esters is 1. The minimum absolute atomic E-state index is 0.0112. The molecule has 6 nitrogen and oxygen atoms in total. The monoisotopic (exact) mass is 930 g/mol. The summed E-state index contributed by atoms with van der Waals surface area (Å²) >= 11 is 0. The number of carbonyl (C=O) groups is 2. The number of unbranched alkanes of at least 4 members (excludes halogenated alkanes) is 42. The number of ether oxygens (including phenoxy) is 1. The van der Waals surface area contributed by atoms with Gasteiger partial charge in [0.05, 0.1) is 25.4 Å². The minimum Gasteiger partial charge on any atom is -0.466 e. The molecule has 0 aromatic carbocycles. The Balaban J connectivity index is 3.52. The molecule has 0 saturated heterocycles. The van der Waals surface area contributed by atoms with E-state index in [-0.39, 0.29) is 18.5 Å². The number of hydrogen-bond donors (Lipinski definition) is 3. The molecule has 0 aliphatic heterocycles. The second-order valence-electron chi connectivity index (χ2n) is 20.3. The summed E-state index contributed by atoms with van der Waals surface area (Å²) in [5.74, 6) is -0.106. The summed E-state index contributed by atoms with van der Waals surface area (Å²) in [7, 11) is 0. The molecule has 0 spiro atoms. The Kier molecular flexibility index (Phi) is 54.5. The fourth-order valence-electron chi connectivity index (χ4n) is 9.16. The van der Waals surface area contributed by atoms with Crippen LogP contribution in [0.4, 0.5) is 0 Å². The number of carbonyl (C=O) groups excluding carboxylic acids is 2. The molecular formula is C60H115NO5. The SMILES string of the molecule is CCCCCCCCCCCCCCCCCCCCCC/C=C/C(O)C(CO)NC(=O)CCCCC/C=C\CCCCCCCCOC(=O)CCCCCCCCCCCCCCCC. The Morgan fingerprint density at radius 2 is 0.712 bits per heavy atom. The van der Waals surface area contributed by atoms with Crippen molar-refractivity contribution in [3.8, 4) is 0 Å². The molecule has 0 aliphatic rings. The van der Waals surface area contributed by atoms with E-state index in [9.17, 15) is 19.8 Å². The van der Waals surface area contributed by atoms with Crippen LogP contribution >= 0.6 is 0 Å². The third-order valence-corrected chi connectivity index (χ3v) is 13.7. The normalized spacial score (nSPS) is 12.7. The van der Waals surface area contributed by atoms with Gasteiger partial charge in [0.2, 0.25) is 5.91 Å². The Hall–Kier alpha value is -1.66. The van der Waals surface area contributed by atoms with E-state index in [4.69, 9.17) is 4.74 Å². The first kappa shape index (κ1) is 64.3. The number of rotatable bonds is 55. The third kappa shape index (κ3) is 51.7. The topological polar surface area (TPSA) is 95.9 Å². The molecule has 6 heteroatoms. The molecule has 66 heavy (non-hydrogen) atoms. The van der Waals surface area contributed by atoms with Crippen molar-refractivity contribution in [2.24, 2.45) is 0 Å². The lowest BCUT2D eigenvalue weighted by Gasteiger charge is -2.19. The molecular weight excluding hydrogens is 815 g/mol. The lowest BCUT2D eigenvalue weighted by Crippen LogP contribution is -2.45. The zero-order valence-corrected chi connectivity index (χ0v) is 44.4. The van der Waals surface area contributed by atoms with E-state index in [0.29, 0.717) is 19.4 Å². The molecule has 390 valence electrons. The quantitative estimate of drug-likeness (QED) is 0.0321. The molecule has 0 saturated carbocycles. The van der Waals surface area contributed by atoms with Gasteiger partial charge in [-0.1, -0.05) is 276 Å². The van der Waals surface area contributed by atoms with Crippen LogP contribution in [0, 0.1) is 0 Å². The maximum absolute atomic E-state index is 12.5. The minimum atomic E-state index is -0.862. The standard InChI is InChI=1S/C60H115NO5/c1-3-5-7-9-11-13-15-17-19-20-21-22-23-24-25-26-28-32-36-40-44-48-52-58(63)57(56-62)61-59(64)53-49-45-41-37-33-29-27-31-35-39-43-47-51-55-66-60(65)54-50-46-42-38-34-30-18-16-14-12-10-8-6-4-2/h29,33,48,52,57-58,62-63H,3-28,30-32,34-47,49-51,53-56H2,1-2H3,(H,61,64)/b33-29-,52-48+. The number of aliphatic hydroxyl groups excluding tert-OH is 2.